The van der Waals surface area contributed by atoms with E-state index in [4.69, 9.17) is 0 Å². The molecular weight excluding hydrogens is 274 g/mol. The maximum absolute atomic E-state index is 10.8. The third kappa shape index (κ3) is 13.8. The molecule has 1 N–H and O–H groups in total. The minimum absolute atomic E-state index is 0.289. The van der Waals surface area contributed by atoms with Gasteiger partial charge in [0.15, 0.2) is 0 Å². The molecule has 0 atom stereocenters. The normalized spacial score (nSPS) is 12.7. The smallest absolute Gasteiger partial charge is 0.444 e. The van der Waals surface area contributed by atoms with Gasteiger partial charge in [0, 0.05) is 12.4 Å². The molecule has 0 aromatic heterocycles. The number of nitrogens with one attached hydrogen (secondary N) is 1. The van der Waals surface area contributed by atoms with Crippen LogP contribution < -0.4 is 5.32 Å². The largest absolute Gasteiger partial charge is 0.452 e. The molecule has 7 heteroatoms. The number of hydrogen-bond acceptors (Lipinski definition) is 5. The summed E-state index contributed by atoms with van der Waals surface area (Å²) in [6.07, 6.45) is 9.19. The summed E-state index contributed by atoms with van der Waals surface area (Å²) in [5.41, 5.74) is 0. The van der Waals surface area contributed by atoms with Crippen LogP contribution in [0.3, 0.4) is 0 Å². The Balaban J connectivity index is 0.000000471. The van der Waals surface area contributed by atoms with Gasteiger partial charge in [-0.3, -0.25) is 0 Å². The van der Waals surface area contributed by atoms with Gasteiger partial charge in [0.2, 0.25) is 0 Å². The highest BCUT2D eigenvalue weighted by atomic mass is 16.6. The molecule has 0 saturated carbocycles. The van der Waals surface area contributed by atoms with Crippen LogP contribution >= 0.6 is 0 Å². The summed E-state index contributed by atoms with van der Waals surface area (Å²) in [5.74, 6) is 0. The fraction of sp³-hybridized carbons (Fsp3) is 0.429. The molecule has 21 heavy (non-hydrogen) atoms. The zero-order valence-electron chi connectivity index (χ0n) is 12.6. The number of hydrogen-bond donors (Lipinski definition) is 1. The fourth-order valence-corrected chi connectivity index (χ4v) is 0.938. The molecule has 1 aliphatic heterocycles. The Morgan fingerprint density at radius 1 is 0.810 bits per heavy atom. The predicted molar refractivity (Wildman–Crippen MR) is 78.6 cm³/mol. The number of allylic oxidation sites excluding steroid dienone is 4. The van der Waals surface area contributed by atoms with E-state index in [9.17, 15) is 9.59 Å². The van der Waals surface area contributed by atoms with Crippen LogP contribution in [0.5, 0.6) is 0 Å². The van der Waals surface area contributed by atoms with Crippen LogP contribution in [0.1, 0.15) is 27.7 Å². The predicted octanol–water partition coefficient (Wildman–Crippen LogP) is 3.70. The lowest BCUT2D eigenvalue weighted by molar-refractivity contribution is 0.115. The molecule has 1 aliphatic rings. The highest BCUT2D eigenvalue weighted by molar-refractivity contribution is 5.73. The fourth-order valence-electron chi connectivity index (χ4n) is 0.938. The molecule has 0 aliphatic carbocycles. The Bertz CT molecular complexity index is 400. The number of nitrogens with zero attached hydrogens (tertiary/aromatic N) is 2. The molecule has 0 spiro atoms. The first-order chi connectivity index (χ1) is 9.91. The number of rotatable bonds is 2. The van der Waals surface area contributed by atoms with Crippen molar-refractivity contribution in [1.29, 1.82) is 0 Å². The molecule has 1 heterocycles. The molecule has 1 rings (SSSR count). The number of carbonyl (C=O) groups excluding carboxylic acids is 2. The standard InChI is InChI=1S/C8H14N2O4.C6H7N/c1-5(2)13-7(11)9-10-8(12)14-6(3)4;1-2-4-6-7-5-3-1/h5-6H,1-4H3;1-7H. The van der Waals surface area contributed by atoms with E-state index in [0.29, 0.717) is 0 Å². The Morgan fingerprint density at radius 2 is 1.19 bits per heavy atom. The summed E-state index contributed by atoms with van der Waals surface area (Å²) in [6.45, 7) is 6.67. The van der Waals surface area contributed by atoms with E-state index >= 15 is 0 Å². The van der Waals surface area contributed by atoms with Gasteiger partial charge in [-0.15, -0.1) is 0 Å². The van der Waals surface area contributed by atoms with Crippen LogP contribution in [-0.4, -0.2) is 24.4 Å². The van der Waals surface area contributed by atoms with E-state index < -0.39 is 12.2 Å². The quantitative estimate of drug-likeness (QED) is 0.784. The van der Waals surface area contributed by atoms with E-state index in [1.807, 2.05) is 36.7 Å². The lowest BCUT2D eigenvalue weighted by atomic mass is 10.5. The summed E-state index contributed by atoms with van der Waals surface area (Å²) in [6, 6.07) is 0. The highest BCUT2D eigenvalue weighted by Gasteiger charge is 2.06. The second kappa shape index (κ2) is 11.4. The molecule has 0 fully saturated rings. The molecule has 116 valence electrons. The van der Waals surface area contributed by atoms with Crippen molar-refractivity contribution >= 4 is 12.2 Å². The Kier molecular flexibility index (Phi) is 10.1. The molecule has 2 amide bonds. The van der Waals surface area contributed by atoms with Gasteiger partial charge in [-0.2, -0.15) is 0 Å². The van der Waals surface area contributed by atoms with E-state index in [1.54, 1.807) is 27.7 Å². The zero-order chi connectivity index (χ0) is 16.1. The molecular formula is C14H21N3O4. The number of amides is 2. The van der Waals surface area contributed by atoms with E-state index in [1.165, 1.54) is 0 Å². The van der Waals surface area contributed by atoms with Crippen LogP contribution in [0, 0.1) is 0 Å². The van der Waals surface area contributed by atoms with Crippen LogP contribution in [0.2, 0.25) is 0 Å². The molecule has 0 aromatic carbocycles. The van der Waals surface area contributed by atoms with Gasteiger partial charge in [-0.1, -0.05) is 22.4 Å². The molecule has 0 bridgehead atoms. The summed E-state index contributed by atoms with van der Waals surface area (Å²) in [7, 11) is 0. The zero-order valence-corrected chi connectivity index (χ0v) is 12.6. The Hall–Kier alpha value is -2.44. The third-order valence-electron chi connectivity index (χ3n) is 1.60. The SMILES string of the molecule is C1=CC=CNC=C1.CC(C)OC(=O)N=NC(=O)OC(C)C. The van der Waals surface area contributed by atoms with Crippen molar-refractivity contribution in [1.82, 2.24) is 5.32 Å². The van der Waals surface area contributed by atoms with Gasteiger partial charge in [0.25, 0.3) is 0 Å². The summed E-state index contributed by atoms with van der Waals surface area (Å²) in [4.78, 5) is 21.5. The Morgan fingerprint density at radius 3 is 1.52 bits per heavy atom. The monoisotopic (exact) mass is 295 g/mol. The van der Waals surface area contributed by atoms with Gasteiger partial charge in [-0.05, 0) is 39.8 Å². The minimum atomic E-state index is -0.902. The van der Waals surface area contributed by atoms with Crippen LogP contribution in [0.15, 0.2) is 46.9 Å². The van der Waals surface area contributed by atoms with Crippen molar-refractivity contribution in [2.75, 3.05) is 0 Å². The summed E-state index contributed by atoms with van der Waals surface area (Å²) < 4.78 is 9.20. The molecule has 7 nitrogen and oxygen atoms in total. The Labute approximate surface area is 124 Å². The number of ether oxygens (including phenoxy) is 2. The van der Waals surface area contributed by atoms with Crippen molar-refractivity contribution < 1.29 is 19.1 Å². The maximum Gasteiger partial charge on any atom is 0.452 e. The van der Waals surface area contributed by atoms with Crippen molar-refractivity contribution in [2.24, 2.45) is 10.2 Å². The van der Waals surface area contributed by atoms with Gasteiger partial charge in [-0.25, -0.2) is 9.59 Å². The van der Waals surface area contributed by atoms with Crippen molar-refractivity contribution in [3.8, 4) is 0 Å². The van der Waals surface area contributed by atoms with E-state index in [0.717, 1.165) is 0 Å². The second-order valence-electron chi connectivity index (χ2n) is 4.33. The van der Waals surface area contributed by atoms with Crippen molar-refractivity contribution in [2.45, 2.75) is 39.9 Å². The van der Waals surface area contributed by atoms with Gasteiger partial charge < -0.3 is 14.8 Å². The summed E-state index contributed by atoms with van der Waals surface area (Å²) in [5, 5.41) is 8.94. The van der Waals surface area contributed by atoms with E-state index in [-0.39, 0.29) is 12.2 Å². The number of azo groups is 1. The van der Waals surface area contributed by atoms with Gasteiger partial charge in [0.1, 0.15) is 0 Å². The molecule has 0 aromatic rings. The molecule has 0 radical (unpaired) electrons. The lowest BCUT2D eigenvalue weighted by Crippen LogP contribution is -2.09. The van der Waals surface area contributed by atoms with Gasteiger partial charge in [0.05, 0.1) is 12.2 Å². The first-order valence-electron chi connectivity index (χ1n) is 6.49. The molecule has 0 unspecified atom stereocenters. The second-order valence-corrected chi connectivity index (χ2v) is 4.33. The molecule has 0 saturated heterocycles. The third-order valence-corrected chi connectivity index (χ3v) is 1.60. The van der Waals surface area contributed by atoms with Crippen molar-refractivity contribution in [3.05, 3.63) is 36.7 Å². The van der Waals surface area contributed by atoms with E-state index in [2.05, 4.69) is 25.0 Å². The van der Waals surface area contributed by atoms with Crippen LogP contribution in [0.25, 0.3) is 0 Å². The highest BCUT2D eigenvalue weighted by Crippen LogP contribution is 1.96. The maximum atomic E-state index is 10.8. The lowest BCUT2D eigenvalue weighted by Gasteiger charge is -2.03. The van der Waals surface area contributed by atoms with Crippen LogP contribution in [0.4, 0.5) is 9.59 Å². The van der Waals surface area contributed by atoms with Gasteiger partial charge >= 0.3 is 12.2 Å². The van der Waals surface area contributed by atoms with Crippen molar-refractivity contribution in [3.63, 3.8) is 0 Å². The van der Waals surface area contributed by atoms with Crippen LogP contribution in [-0.2, 0) is 9.47 Å². The summed E-state index contributed by atoms with van der Waals surface area (Å²) >= 11 is 0. The first-order valence-corrected chi connectivity index (χ1v) is 6.49. The average molecular weight is 295 g/mol. The first kappa shape index (κ1) is 18.6. The number of carbonyl (C=O) groups is 2. The topological polar surface area (TPSA) is 89.4 Å². The minimum Gasteiger partial charge on any atom is -0.444 e. The average Bonchev–Trinajstić information content (AvgIpc) is 2.67.